The fourth-order valence-electron chi connectivity index (χ4n) is 2.14. The summed E-state index contributed by atoms with van der Waals surface area (Å²) in [5, 5.41) is 2.79. The molecular weight excluding hydrogens is 216 g/mol. The lowest BCUT2D eigenvalue weighted by molar-refractivity contribution is -0.149. The first-order valence-corrected chi connectivity index (χ1v) is 6.64. The highest BCUT2D eigenvalue weighted by Gasteiger charge is 2.40. The quantitative estimate of drug-likeness (QED) is 0.718. The van der Waals surface area contributed by atoms with Crippen LogP contribution in [0.25, 0.3) is 0 Å². The second-order valence-corrected chi connectivity index (χ2v) is 5.02. The summed E-state index contributed by atoms with van der Waals surface area (Å²) in [6.07, 6.45) is 5.14. The molecule has 1 saturated heterocycles. The molecule has 1 N–H and O–H groups in total. The first-order chi connectivity index (χ1) is 8.03. The van der Waals surface area contributed by atoms with Gasteiger partial charge in [-0.15, -0.1) is 0 Å². The summed E-state index contributed by atoms with van der Waals surface area (Å²) in [6.45, 7) is 6.83. The Morgan fingerprint density at radius 1 is 1.24 bits per heavy atom. The van der Waals surface area contributed by atoms with Crippen LogP contribution >= 0.6 is 0 Å². The summed E-state index contributed by atoms with van der Waals surface area (Å²) in [5.74, 6) is 0.0283. The summed E-state index contributed by atoms with van der Waals surface area (Å²) < 4.78 is 0. The second kappa shape index (κ2) is 6.03. The summed E-state index contributed by atoms with van der Waals surface area (Å²) in [4.78, 5) is 25.5. The first kappa shape index (κ1) is 14.0. The third-order valence-corrected chi connectivity index (χ3v) is 3.50. The standard InChI is InChI=1S/C13H24N2O2/c1-4-6-7-8-9-15-10-11(16)14-13(3,5-2)12(15)17/h4-10H2,1-3H3,(H,14,16). The van der Waals surface area contributed by atoms with Crippen molar-refractivity contribution in [1.82, 2.24) is 10.2 Å². The van der Waals surface area contributed by atoms with Gasteiger partial charge in [0, 0.05) is 6.54 Å². The Hall–Kier alpha value is -1.06. The molecule has 1 unspecified atom stereocenters. The molecular formula is C13H24N2O2. The van der Waals surface area contributed by atoms with Crippen LogP contribution in [0.5, 0.6) is 0 Å². The SMILES string of the molecule is CCCCCCN1CC(=O)NC(C)(CC)C1=O. The number of nitrogens with one attached hydrogen (secondary N) is 1. The number of piperazine rings is 1. The van der Waals surface area contributed by atoms with Gasteiger partial charge in [0.15, 0.2) is 0 Å². The predicted molar refractivity (Wildman–Crippen MR) is 67.6 cm³/mol. The van der Waals surface area contributed by atoms with E-state index >= 15 is 0 Å². The smallest absolute Gasteiger partial charge is 0.248 e. The minimum Gasteiger partial charge on any atom is -0.340 e. The largest absolute Gasteiger partial charge is 0.340 e. The van der Waals surface area contributed by atoms with Crippen LogP contribution in [0.1, 0.15) is 52.9 Å². The van der Waals surface area contributed by atoms with E-state index in [-0.39, 0.29) is 18.4 Å². The Morgan fingerprint density at radius 2 is 1.94 bits per heavy atom. The Morgan fingerprint density at radius 3 is 2.53 bits per heavy atom. The summed E-state index contributed by atoms with van der Waals surface area (Å²) in [7, 11) is 0. The third-order valence-electron chi connectivity index (χ3n) is 3.50. The number of hydrogen-bond donors (Lipinski definition) is 1. The molecule has 0 radical (unpaired) electrons. The van der Waals surface area contributed by atoms with Crippen LogP contribution in [-0.2, 0) is 9.59 Å². The van der Waals surface area contributed by atoms with Gasteiger partial charge in [0.1, 0.15) is 5.54 Å². The lowest BCUT2D eigenvalue weighted by atomic mass is 9.94. The van der Waals surface area contributed by atoms with Crippen molar-refractivity contribution in [2.24, 2.45) is 0 Å². The van der Waals surface area contributed by atoms with E-state index in [1.807, 2.05) is 13.8 Å². The molecule has 2 amide bonds. The van der Waals surface area contributed by atoms with Crippen molar-refractivity contribution >= 4 is 11.8 Å². The van der Waals surface area contributed by atoms with Crippen LogP contribution in [0.3, 0.4) is 0 Å². The number of carbonyl (C=O) groups is 2. The zero-order valence-electron chi connectivity index (χ0n) is 11.2. The average Bonchev–Trinajstić information content (AvgIpc) is 2.30. The highest BCUT2D eigenvalue weighted by atomic mass is 16.2. The molecule has 0 spiro atoms. The van der Waals surface area contributed by atoms with Crippen LogP contribution in [0, 0.1) is 0 Å². The molecule has 1 fully saturated rings. The van der Waals surface area contributed by atoms with E-state index in [0.29, 0.717) is 13.0 Å². The van der Waals surface area contributed by atoms with E-state index in [2.05, 4.69) is 12.2 Å². The van der Waals surface area contributed by atoms with Crippen molar-refractivity contribution in [2.75, 3.05) is 13.1 Å². The van der Waals surface area contributed by atoms with Gasteiger partial charge in [-0.05, 0) is 19.8 Å². The maximum absolute atomic E-state index is 12.2. The van der Waals surface area contributed by atoms with Crippen LogP contribution in [0.4, 0.5) is 0 Å². The van der Waals surface area contributed by atoms with Gasteiger partial charge in [-0.3, -0.25) is 9.59 Å². The van der Waals surface area contributed by atoms with E-state index in [0.717, 1.165) is 12.8 Å². The average molecular weight is 240 g/mol. The monoisotopic (exact) mass is 240 g/mol. The van der Waals surface area contributed by atoms with Crippen LogP contribution < -0.4 is 5.32 Å². The fourth-order valence-corrected chi connectivity index (χ4v) is 2.14. The molecule has 1 aliphatic rings. The van der Waals surface area contributed by atoms with E-state index in [1.165, 1.54) is 12.8 Å². The highest BCUT2D eigenvalue weighted by molar-refractivity contribution is 5.97. The fraction of sp³-hybridized carbons (Fsp3) is 0.846. The molecule has 17 heavy (non-hydrogen) atoms. The summed E-state index contributed by atoms with van der Waals surface area (Å²) in [5.41, 5.74) is -0.694. The Labute approximate surface area is 104 Å². The Bertz CT molecular complexity index is 291. The van der Waals surface area contributed by atoms with Gasteiger partial charge in [-0.2, -0.15) is 0 Å². The number of hydrogen-bond acceptors (Lipinski definition) is 2. The first-order valence-electron chi connectivity index (χ1n) is 6.64. The molecule has 4 nitrogen and oxygen atoms in total. The highest BCUT2D eigenvalue weighted by Crippen LogP contribution is 2.18. The summed E-state index contributed by atoms with van der Waals surface area (Å²) >= 11 is 0. The van der Waals surface area contributed by atoms with Crippen molar-refractivity contribution < 1.29 is 9.59 Å². The van der Waals surface area contributed by atoms with Gasteiger partial charge in [-0.25, -0.2) is 0 Å². The molecule has 0 bridgehead atoms. The minimum absolute atomic E-state index is 0.0376. The normalized spacial score (nSPS) is 25.0. The maximum atomic E-state index is 12.2. The zero-order valence-corrected chi connectivity index (χ0v) is 11.2. The van der Waals surface area contributed by atoms with E-state index < -0.39 is 5.54 Å². The lowest BCUT2D eigenvalue weighted by Crippen LogP contribution is -2.65. The molecule has 0 aliphatic carbocycles. The van der Waals surface area contributed by atoms with E-state index in [1.54, 1.807) is 4.90 Å². The van der Waals surface area contributed by atoms with Crippen molar-refractivity contribution in [2.45, 2.75) is 58.4 Å². The van der Waals surface area contributed by atoms with Gasteiger partial charge >= 0.3 is 0 Å². The maximum Gasteiger partial charge on any atom is 0.248 e. The van der Waals surface area contributed by atoms with Crippen LogP contribution in [-0.4, -0.2) is 35.3 Å². The Balaban J connectivity index is 2.53. The van der Waals surface area contributed by atoms with Crippen molar-refractivity contribution in [3.05, 3.63) is 0 Å². The topological polar surface area (TPSA) is 49.4 Å². The number of unbranched alkanes of at least 4 members (excludes halogenated alkanes) is 3. The minimum atomic E-state index is -0.694. The molecule has 0 aromatic rings. The van der Waals surface area contributed by atoms with Crippen LogP contribution in [0.15, 0.2) is 0 Å². The second-order valence-electron chi connectivity index (χ2n) is 5.02. The molecule has 1 rings (SSSR count). The number of rotatable bonds is 6. The van der Waals surface area contributed by atoms with Crippen molar-refractivity contribution in [3.8, 4) is 0 Å². The number of nitrogens with zero attached hydrogens (tertiary/aromatic N) is 1. The molecule has 0 aromatic carbocycles. The Kier molecular flexibility index (Phi) is 4.97. The van der Waals surface area contributed by atoms with Gasteiger partial charge in [0.25, 0.3) is 0 Å². The van der Waals surface area contributed by atoms with Gasteiger partial charge in [0.2, 0.25) is 11.8 Å². The third kappa shape index (κ3) is 3.45. The number of carbonyl (C=O) groups excluding carboxylic acids is 2. The van der Waals surface area contributed by atoms with Crippen LogP contribution in [0.2, 0.25) is 0 Å². The molecule has 4 heteroatoms. The van der Waals surface area contributed by atoms with E-state index in [9.17, 15) is 9.59 Å². The van der Waals surface area contributed by atoms with Gasteiger partial charge in [-0.1, -0.05) is 33.1 Å². The van der Waals surface area contributed by atoms with Crippen molar-refractivity contribution in [1.29, 1.82) is 0 Å². The molecule has 0 saturated carbocycles. The van der Waals surface area contributed by atoms with Gasteiger partial charge < -0.3 is 10.2 Å². The number of amides is 2. The molecule has 98 valence electrons. The lowest BCUT2D eigenvalue weighted by Gasteiger charge is -2.39. The summed E-state index contributed by atoms with van der Waals surface area (Å²) in [6, 6.07) is 0. The predicted octanol–water partition coefficient (Wildman–Crippen LogP) is 1.69. The molecule has 1 heterocycles. The molecule has 0 aromatic heterocycles. The zero-order chi connectivity index (χ0) is 12.9. The molecule has 1 atom stereocenters. The molecule has 1 aliphatic heterocycles. The van der Waals surface area contributed by atoms with Crippen molar-refractivity contribution in [3.63, 3.8) is 0 Å². The van der Waals surface area contributed by atoms with Gasteiger partial charge in [0.05, 0.1) is 6.54 Å². The van der Waals surface area contributed by atoms with E-state index in [4.69, 9.17) is 0 Å².